The summed E-state index contributed by atoms with van der Waals surface area (Å²) in [4.78, 5) is 11.8. The summed E-state index contributed by atoms with van der Waals surface area (Å²) in [5.41, 5.74) is 7.22. The van der Waals surface area contributed by atoms with Gasteiger partial charge in [-0.2, -0.15) is 0 Å². The summed E-state index contributed by atoms with van der Waals surface area (Å²) >= 11 is 0. The Balaban J connectivity index is 1.94. The molecule has 0 saturated heterocycles. The fourth-order valence-corrected chi connectivity index (χ4v) is 2.10. The van der Waals surface area contributed by atoms with Gasteiger partial charge in [-0.3, -0.25) is 4.79 Å². The van der Waals surface area contributed by atoms with Gasteiger partial charge in [-0.05, 0) is 56.4 Å². The van der Waals surface area contributed by atoms with Gasteiger partial charge in [-0.1, -0.05) is 12.1 Å². The third kappa shape index (κ3) is 3.36. The summed E-state index contributed by atoms with van der Waals surface area (Å²) in [7, 11) is 0. The van der Waals surface area contributed by atoms with E-state index in [2.05, 4.69) is 19.2 Å². The molecule has 0 radical (unpaired) electrons. The highest BCUT2D eigenvalue weighted by Gasteiger charge is 2.38. The molecule has 2 rings (SSSR count). The first kappa shape index (κ1) is 12.7. The first-order valence-corrected chi connectivity index (χ1v) is 6.33. The van der Waals surface area contributed by atoms with E-state index in [0.717, 1.165) is 5.56 Å². The topological polar surface area (TPSA) is 55.1 Å². The van der Waals surface area contributed by atoms with E-state index < -0.39 is 0 Å². The van der Waals surface area contributed by atoms with Crippen molar-refractivity contribution in [3.63, 3.8) is 0 Å². The largest absolute Gasteiger partial charge is 0.399 e. The van der Waals surface area contributed by atoms with E-state index >= 15 is 0 Å². The van der Waals surface area contributed by atoms with Gasteiger partial charge in [0, 0.05) is 17.3 Å². The van der Waals surface area contributed by atoms with E-state index in [1.807, 2.05) is 24.3 Å². The number of carbonyl (C=O) groups is 1. The molecule has 1 amide bonds. The van der Waals surface area contributed by atoms with Crippen molar-refractivity contribution in [2.75, 3.05) is 5.73 Å². The molecule has 0 aliphatic heterocycles. The molecule has 3 heteroatoms. The molecule has 18 heavy (non-hydrogen) atoms. The molecule has 0 atom stereocenters. The molecule has 96 valence electrons. The number of carbonyl (C=O) groups excluding carboxylic acids is 1. The number of hydrogen-bond acceptors (Lipinski definition) is 2. The van der Waals surface area contributed by atoms with Crippen molar-refractivity contribution >= 4 is 17.7 Å². The van der Waals surface area contributed by atoms with Gasteiger partial charge >= 0.3 is 0 Å². The maximum Gasteiger partial charge on any atom is 0.244 e. The highest BCUT2D eigenvalue weighted by Crippen LogP contribution is 2.39. The Labute approximate surface area is 108 Å². The number of hydrogen-bond donors (Lipinski definition) is 2. The van der Waals surface area contributed by atoms with Crippen molar-refractivity contribution in [3.05, 3.63) is 35.9 Å². The predicted octanol–water partition coefficient (Wildman–Crippen LogP) is 2.59. The average molecular weight is 244 g/mol. The Morgan fingerprint density at radius 2 is 2.17 bits per heavy atom. The van der Waals surface area contributed by atoms with Crippen LogP contribution in [0, 0.1) is 5.92 Å². The number of amides is 1. The van der Waals surface area contributed by atoms with E-state index in [1.54, 1.807) is 12.2 Å². The maximum absolute atomic E-state index is 11.8. The zero-order chi connectivity index (χ0) is 13.2. The van der Waals surface area contributed by atoms with Gasteiger partial charge in [0.15, 0.2) is 0 Å². The number of anilines is 1. The molecule has 3 nitrogen and oxygen atoms in total. The van der Waals surface area contributed by atoms with E-state index in [-0.39, 0.29) is 11.4 Å². The number of nitrogens with two attached hydrogens (primary N) is 1. The molecule has 1 saturated carbocycles. The molecular formula is C15H20N2O. The second-order valence-corrected chi connectivity index (χ2v) is 5.49. The highest BCUT2D eigenvalue weighted by molar-refractivity contribution is 5.92. The zero-order valence-electron chi connectivity index (χ0n) is 10.9. The fraction of sp³-hybridized carbons (Fsp3) is 0.400. The van der Waals surface area contributed by atoms with Crippen LogP contribution < -0.4 is 11.1 Å². The van der Waals surface area contributed by atoms with Crippen LogP contribution in [0.15, 0.2) is 30.3 Å². The standard InChI is InChI=1S/C15H20N2O/c1-15(2,12-7-8-12)17-14(18)9-6-11-4-3-5-13(16)10-11/h3-6,9-10,12H,7-8,16H2,1-2H3,(H,17,18)/b9-6+. The smallest absolute Gasteiger partial charge is 0.244 e. The third-order valence-corrected chi connectivity index (χ3v) is 3.38. The molecule has 1 aromatic carbocycles. The van der Waals surface area contributed by atoms with Crippen LogP contribution in [-0.2, 0) is 4.79 Å². The van der Waals surface area contributed by atoms with Gasteiger partial charge in [-0.25, -0.2) is 0 Å². The first-order chi connectivity index (χ1) is 8.47. The van der Waals surface area contributed by atoms with E-state index in [4.69, 9.17) is 5.73 Å². The van der Waals surface area contributed by atoms with E-state index in [0.29, 0.717) is 11.6 Å². The molecule has 0 spiro atoms. The summed E-state index contributed by atoms with van der Waals surface area (Å²) < 4.78 is 0. The van der Waals surface area contributed by atoms with Crippen molar-refractivity contribution in [1.29, 1.82) is 0 Å². The minimum atomic E-state index is -0.100. The SMILES string of the molecule is CC(C)(NC(=O)/C=C/c1cccc(N)c1)C1CC1. The minimum absolute atomic E-state index is 0.0469. The Hall–Kier alpha value is -1.77. The first-order valence-electron chi connectivity index (χ1n) is 6.33. The number of nitrogen functional groups attached to an aromatic ring is 1. The molecule has 1 aromatic rings. The third-order valence-electron chi connectivity index (χ3n) is 3.38. The summed E-state index contributed by atoms with van der Waals surface area (Å²) in [5, 5.41) is 3.05. The lowest BCUT2D eigenvalue weighted by Gasteiger charge is -2.25. The Bertz CT molecular complexity index is 473. The fourth-order valence-electron chi connectivity index (χ4n) is 2.10. The zero-order valence-corrected chi connectivity index (χ0v) is 10.9. The second kappa shape index (κ2) is 4.84. The molecule has 1 aliphatic rings. The summed E-state index contributed by atoms with van der Waals surface area (Å²) in [5.74, 6) is 0.580. The van der Waals surface area contributed by atoms with Crippen LogP contribution in [0.3, 0.4) is 0 Å². The monoisotopic (exact) mass is 244 g/mol. The highest BCUT2D eigenvalue weighted by atomic mass is 16.1. The predicted molar refractivity (Wildman–Crippen MR) is 74.8 cm³/mol. The van der Waals surface area contributed by atoms with E-state index in [9.17, 15) is 4.79 Å². The summed E-state index contributed by atoms with van der Waals surface area (Å²) in [6.45, 7) is 4.16. The molecule has 0 aromatic heterocycles. The van der Waals surface area contributed by atoms with Crippen LogP contribution in [0.1, 0.15) is 32.3 Å². The van der Waals surface area contributed by atoms with Crippen LogP contribution in [0.25, 0.3) is 6.08 Å². The van der Waals surface area contributed by atoms with Gasteiger partial charge in [0.25, 0.3) is 0 Å². The Morgan fingerprint density at radius 1 is 1.44 bits per heavy atom. The summed E-state index contributed by atoms with van der Waals surface area (Å²) in [6.07, 6.45) is 5.78. The maximum atomic E-state index is 11.8. The van der Waals surface area contributed by atoms with Gasteiger partial charge in [0.05, 0.1) is 0 Å². The lowest BCUT2D eigenvalue weighted by atomic mass is 9.99. The van der Waals surface area contributed by atoms with Crippen molar-refractivity contribution in [3.8, 4) is 0 Å². The number of benzene rings is 1. The number of nitrogens with one attached hydrogen (secondary N) is 1. The van der Waals surface area contributed by atoms with Gasteiger partial charge in [0.1, 0.15) is 0 Å². The van der Waals surface area contributed by atoms with Crippen LogP contribution >= 0.6 is 0 Å². The van der Waals surface area contributed by atoms with Gasteiger partial charge in [-0.15, -0.1) is 0 Å². The molecule has 1 fully saturated rings. The van der Waals surface area contributed by atoms with Crippen molar-refractivity contribution < 1.29 is 4.79 Å². The molecule has 3 N–H and O–H groups in total. The van der Waals surface area contributed by atoms with Crippen molar-refractivity contribution in [2.45, 2.75) is 32.2 Å². The summed E-state index contributed by atoms with van der Waals surface area (Å²) in [6, 6.07) is 7.47. The molecule has 0 bridgehead atoms. The lowest BCUT2D eigenvalue weighted by Crippen LogP contribution is -2.44. The van der Waals surface area contributed by atoms with E-state index in [1.165, 1.54) is 12.8 Å². The second-order valence-electron chi connectivity index (χ2n) is 5.49. The van der Waals surface area contributed by atoms with Crippen LogP contribution in [-0.4, -0.2) is 11.4 Å². The average Bonchev–Trinajstić information content (AvgIpc) is 3.10. The molecule has 0 unspecified atom stereocenters. The molecule has 0 heterocycles. The van der Waals surface area contributed by atoms with Crippen LogP contribution in [0.4, 0.5) is 5.69 Å². The quantitative estimate of drug-likeness (QED) is 0.632. The Kier molecular flexibility index (Phi) is 3.41. The van der Waals surface area contributed by atoms with Gasteiger partial charge in [0.2, 0.25) is 5.91 Å². The Morgan fingerprint density at radius 3 is 2.78 bits per heavy atom. The van der Waals surface area contributed by atoms with Crippen molar-refractivity contribution in [2.24, 2.45) is 5.92 Å². The normalized spacial score (nSPS) is 15.9. The van der Waals surface area contributed by atoms with Crippen LogP contribution in [0.5, 0.6) is 0 Å². The lowest BCUT2D eigenvalue weighted by molar-refractivity contribution is -0.118. The van der Waals surface area contributed by atoms with Crippen molar-refractivity contribution in [1.82, 2.24) is 5.32 Å². The molecule has 1 aliphatic carbocycles. The van der Waals surface area contributed by atoms with Crippen LogP contribution in [0.2, 0.25) is 0 Å². The van der Waals surface area contributed by atoms with Gasteiger partial charge < -0.3 is 11.1 Å². The number of rotatable bonds is 4. The molecular weight excluding hydrogens is 224 g/mol. The minimum Gasteiger partial charge on any atom is -0.399 e.